The number of para-hydroxylation sites is 1. The molecule has 2 aliphatic heterocycles. The number of nitrogens with zero attached hydrogens (tertiary/aromatic N) is 2. The molecule has 2 aliphatic rings. The van der Waals surface area contributed by atoms with Crippen molar-refractivity contribution in [1.29, 1.82) is 0 Å². The topological polar surface area (TPSA) is 179 Å². The van der Waals surface area contributed by atoms with Gasteiger partial charge < -0.3 is 29.7 Å². The summed E-state index contributed by atoms with van der Waals surface area (Å²) in [7, 11) is -4.49. The highest BCUT2D eigenvalue weighted by Crippen LogP contribution is 2.48. The largest absolute Gasteiger partial charge is 0.462 e. The normalized spacial score (nSPS) is 23.1. The van der Waals surface area contributed by atoms with Crippen LogP contribution in [0.2, 0.25) is 0 Å². The molecule has 1 aromatic heterocycles. The third kappa shape index (κ3) is 8.66. The maximum atomic E-state index is 15.3. The van der Waals surface area contributed by atoms with Crippen molar-refractivity contribution < 1.29 is 46.6 Å². The van der Waals surface area contributed by atoms with Crippen LogP contribution >= 0.6 is 19.5 Å². The van der Waals surface area contributed by atoms with Crippen molar-refractivity contribution in [1.82, 2.24) is 14.6 Å². The highest BCUT2D eigenvalue weighted by atomic mass is 32.2. The fourth-order valence-electron chi connectivity index (χ4n) is 4.89. The van der Waals surface area contributed by atoms with E-state index in [9.17, 15) is 24.1 Å². The Labute approximate surface area is 284 Å². The Morgan fingerprint density at radius 1 is 1.20 bits per heavy atom. The molecule has 0 saturated carbocycles. The molecule has 4 N–H and O–H groups in total. The molecule has 1 saturated heterocycles. The molecule has 3 unspecified atom stereocenters. The predicted octanol–water partition coefficient (Wildman–Crippen LogP) is 4.43. The number of anilines is 2. The number of rotatable bonds is 12. The van der Waals surface area contributed by atoms with Crippen molar-refractivity contribution in [2.45, 2.75) is 75.1 Å². The minimum atomic E-state index is -4.49. The summed E-state index contributed by atoms with van der Waals surface area (Å²) in [6, 6.07) is 13.0. The molecule has 0 bridgehead atoms. The van der Waals surface area contributed by atoms with E-state index in [1.165, 1.54) is 19.1 Å². The molecule has 0 aliphatic carbocycles. The number of thioether (sulfide) groups is 1. The maximum absolute atomic E-state index is 15.3. The fraction of sp³-hybridized carbons (Fsp3) is 0.419. The SMILES string of the molecule is CC1CSc2ccc(C(=O)Nc3ccn(C4O[C@H](COP(=O)(N[C@H](C)C(=O)OC(C)C)Oc5ccccc5)[C@@H](O)C4(F)F)c(=O)n3)cc2N1. The number of carbonyl (C=O) groups excluding carboxylic acids is 2. The lowest BCUT2D eigenvalue weighted by Crippen LogP contribution is -2.42. The van der Waals surface area contributed by atoms with Crippen LogP contribution < -0.4 is 25.9 Å². The molecule has 49 heavy (non-hydrogen) atoms. The van der Waals surface area contributed by atoms with Gasteiger partial charge >= 0.3 is 25.3 Å². The molecule has 1 fully saturated rings. The molecular weight excluding hydrogens is 687 g/mol. The number of aromatic nitrogens is 2. The standard InChI is InChI=1S/C31H36F2N5O9PS/c1-17(2)45-28(41)19(4)37-48(43,47-21-8-6-5-7-9-21)44-15-23-26(39)31(32,33)29(46-23)38-13-12-25(36-30(38)42)35-27(40)20-10-11-24-22(14-20)34-18(3)16-49-24/h5-14,17-19,23,26,29,34,39H,15-16H2,1-4H3,(H,37,43)(H,35,36,40,42)/t18?,19-,23-,26-,29?,48?/m1/s1. The quantitative estimate of drug-likeness (QED) is 0.153. The zero-order valence-corrected chi connectivity index (χ0v) is 28.6. The van der Waals surface area contributed by atoms with Crippen molar-refractivity contribution in [3.63, 3.8) is 0 Å². The van der Waals surface area contributed by atoms with Crippen molar-refractivity contribution in [2.75, 3.05) is 23.0 Å². The van der Waals surface area contributed by atoms with Gasteiger partial charge in [-0.25, -0.2) is 9.36 Å². The number of esters is 1. The molecule has 3 heterocycles. The fourth-order valence-corrected chi connectivity index (χ4v) is 7.35. The molecule has 0 radical (unpaired) electrons. The smallest absolute Gasteiger partial charge is 0.459 e. The van der Waals surface area contributed by atoms with E-state index in [0.29, 0.717) is 4.57 Å². The summed E-state index contributed by atoms with van der Waals surface area (Å²) in [5.41, 5.74) is -0.122. The van der Waals surface area contributed by atoms with Gasteiger partial charge in [0.2, 0.25) is 6.23 Å². The number of ether oxygens (including phenoxy) is 2. The lowest BCUT2D eigenvalue weighted by Gasteiger charge is -2.25. The second kappa shape index (κ2) is 14.9. The van der Waals surface area contributed by atoms with Crippen LogP contribution in [0.25, 0.3) is 0 Å². The zero-order valence-electron chi connectivity index (χ0n) is 26.9. The van der Waals surface area contributed by atoms with E-state index in [2.05, 4.69) is 20.7 Å². The van der Waals surface area contributed by atoms with Gasteiger partial charge in [-0.3, -0.25) is 18.7 Å². The van der Waals surface area contributed by atoms with Gasteiger partial charge in [0, 0.05) is 34.1 Å². The number of aliphatic hydroxyl groups is 1. The number of halogens is 2. The van der Waals surface area contributed by atoms with Gasteiger partial charge in [0.05, 0.1) is 12.7 Å². The number of alkyl halides is 2. The molecule has 5 rings (SSSR count). The average molecular weight is 724 g/mol. The molecule has 14 nitrogen and oxygen atoms in total. The number of carbonyl (C=O) groups is 2. The summed E-state index contributed by atoms with van der Waals surface area (Å²) in [6.45, 7) is 5.69. The highest BCUT2D eigenvalue weighted by molar-refractivity contribution is 7.99. The zero-order chi connectivity index (χ0) is 35.5. The monoisotopic (exact) mass is 723 g/mol. The lowest BCUT2D eigenvalue weighted by molar-refractivity contribution is -0.149. The minimum absolute atomic E-state index is 0.0700. The summed E-state index contributed by atoms with van der Waals surface area (Å²) >= 11 is 1.66. The molecule has 0 spiro atoms. The molecule has 3 aromatic rings. The molecule has 264 valence electrons. The Kier molecular flexibility index (Phi) is 11.1. The number of benzene rings is 2. The maximum Gasteiger partial charge on any atom is 0.459 e. The number of aliphatic hydroxyl groups excluding tert-OH is 1. The first kappa shape index (κ1) is 36.4. The van der Waals surface area contributed by atoms with Crippen LogP contribution in [-0.4, -0.2) is 75.2 Å². The van der Waals surface area contributed by atoms with Crippen molar-refractivity contribution in [3.8, 4) is 5.75 Å². The Balaban J connectivity index is 1.28. The van der Waals surface area contributed by atoms with Crippen LogP contribution in [0, 0.1) is 0 Å². The van der Waals surface area contributed by atoms with Gasteiger partial charge in [-0.15, -0.1) is 11.8 Å². The van der Waals surface area contributed by atoms with Crippen molar-refractivity contribution in [3.05, 3.63) is 76.8 Å². The average Bonchev–Trinajstić information content (AvgIpc) is 3.27. The number of hydrogen-bond acceptors (Lipinski definition) is 12. The van der Waals surface area contributed by atoms with E-state index in [4.69, 9.17) is 18.5 Å². The predicted molar refractivity (Wildman–Crippen MR) is 176 cm³/mol. The van der Waals surface area contributed by atoms with Crippen LogP contribution in [0.5, 0.6) is 5.75 Å². The van der Waals surface area contributed by atoms with E-state index in [1.807, 2.05) is 6.92 Å². The van der Waals surface area contributed by atoms with Crippen LogP contribution in [0.4, 0.5) is 20.3 Å². The Morgan fingerprint density at radius 2 is 1.94 bits per heavy atom. The van der Waals surface area contributed by atoms with Gasteiger partial charge in [-0.1, -0.05) is 18.2 Å². The number of nitrogens with one attached hydrogen (secondary N) is 3. The number of hydrogen-bond donors (Lipinski definition) is 4. The van der Waals surface area contributed by atoms with Crippen LogP contribution in [-0.2, 0) is 23.4 Å². The summed E-state index contributed by atoms with van der Waals surface area (Å²) < 4.78 is 66.3. The van der Waals surface area contributed by atoms with E-state index in [0.717, 1.165) is 28.6 Å². The van der Waals surface area contributed by atoms with E-state index < -0.39 is 68.4 Å². The second-order valence-electron chi connectivity index (χ2n) is 11.7. The van der Waals surface area contributed by atoms with Crippen LogP contribution in [0.15, 0.2) is 70.5 Å². The van der Waals surface area contributed by atoms with Crippen molar-refractivity contribution >= 4 is 42.9 Å². The van der Waals surface area contributed by atoms with Crippen LogP contribution in [0.1, 0.15) is 44.3 Å². The van der Waals surface area contributed by atoms with Gasteiger partial charge in [0.25, 0.3) is 5.91 Å². The Morgan fingerprint density at radius 3 is 2.63 bits per heavy atom. The molecule has 18 heteroatoms. The van der Waals surface area contributed by atoms with Crippen LogP contribution in [0.3, 0.4) is 0 Å². The lowest BCUT2D eigenvalue weighted by atomic mass is 10.1. The number of amides is 1. The minimum Gasteiger partial charge on any atom is -0.462 e. The molecular formula is C31H36F2N5O9PS. The van der Waals surface area contributed by atoms with E-state index >= 15 is 8.78 Å². The second-order valence-corrected chi connectivity index (χ2v) is 14.5. The third-order valence-electron chi connectivity index (χ3n) is 7.27. The first-order chi connectivity index (χ1) is 23.1. The first-order valence-corrected chi connectivity index (χ1v) is 17.8. The molecule has 2 aromatic carbocycles. The number of fused-ring (bicyclic) bond motifs is 1. The van der Waals surface area contributed by atoms with Crippen molar-refractivity contribution in [2.24, 2.45) is 0 Å². The summed E-state index contributed by atoms with van der Waals surface area (Å²) in [4.78, 5) is 42.9. The highest BCUT2D eigenvalue weighted by Gasteiger charge is 2.60. The summed E-state index contributed by atoms with van der Waals surface area (Å²) in [5.74, 6) is -4.64. The molecule has 6 atom stereocenters. The van der Waals surface area contributed by atoms with E-state index in [-0.39, 0.29) is 23.2 Å². The first-order valence-electron chi connectivity index (χ1n) is 15.3. The summed E-state index contributed by atoms with van der Waals surface area (Å²) in [5, 5.41) is 18.7. The molecule has 1 amide bonds. The van der Waals surface area contributed by atoms with Gasteiger partial charge in [-0.2, -0.15) is 18.9 Å². The third-order valence-corrected chi connectivity index (χ3v) is 10.2. The van der Waals surface area contributed by atoms with E-state index in [1.54, 1.807) is 62.0 Å². The Bertz CT molecular complexity index is 1780. The van der Waals surface area contributed by atoms with Gasteiger partial charge in [0.15, 0.2) is 6.10 Å². The summed E-state index contributed by atoms with van der Waals surface area (Å²) in [6.07, 6.45) is -6.20. The van der Waals surface area contributed by atoms with Gasteiger partial charge in [0.1, 0.15) is 23.7 Å². The Hall–Kier alpha value is -3.86. The van der Waals surface area contributed by atoms with Gasteiger partial charge in [-0.05, 0) is 64.1 Å².